The average molecular weight is 184 g/mol. The van der Waals surface area contributed by atoms with Crippen LogP contribution in [0.5, 0.6) is 5.75 Å². The van der Waals surface area contributed by atoms with Gasteiger partial charge in [0.25, 0.3) is 0 Å². The standard InChI is InChI=1S/C6H4N2O5/c9-4-1-3(6(10)11)2-7-5(4)8(12)13/h1-2,9H,(H,10,11). The minimum Gasteiger partial charge on any atom is -0.501 e. The van der Waals surface area contributed by atoms with Gasteiger partial charge in [-0.1, -0.05) is 0 Å². The number of carbonyl (C=O) groups is 1. The maximum absolute atomic E-state index is 10.3. The molecule has 0 saturated carbocycles. The number of rotatable bonds is 2. The highest BCUT2D eigenvalue weighted by Gasteiger charge is 2.17. The number of hydrogen-bond acceptors (Lipinski definition) is 5. The molecule has 68 valence electrons. The second-order valence-electron chi connectivity index (χ2n) is 2.13. The fourth-order valence-corrected chi connectivity index (χ4v) is 0.704. The molecule has 0 spiro atoms. The molecule has 0 bridgehead atoms. The van der Waals surface area contributed by atoms with Crippen LogP contribution < -0.4 is 0 Å². The molecule has 1 aromatic heterocycles. The fourth-order valence-electron chi connectivity index (χ4n) is 0.704. The van der Waals surface area contributed by atoms with Gasteiger partial charge in [0.1, 0.15) is 5.56 Å². The summed E-state index contributed by atoms with van der Waals surface area (Å²) in [5, 5.41) is 27.5. The van der Waals surface area contributed by atoms with Gasteiger partial charge < -0.3 is 20.3 Å². The van der Waals surface area contributed by atoms with E-state index >= 15 is 0 Å². The molecule has 0 atom stereocenters. The van der Waals surface area contributed by atoms with Gasteiger partial charge in [-0.05, 0) is 9.91 Å². The van der Waals surface area contributed by atoms with Crippen LogP contribution in [0.25, 0.3) is 0 Å². The molecule has 0 aromatic carbocycles. The Morgan fingerprint density at radius 3 is 2.62 bits per heavy atom. The number of hydrogen-bond donors (Lipinski definition) is 2. The minimum absolute atomic E-state index is 0.303. The fraction of sp³-hybridized carbons (Fsp3) is 0. The lowest BCUT2D eigenvalue weighted by atomic mass is 10.3. The van der Waals surface area contributed by atoms with Crippen LogP contribution in [0, 0.1) is 10.1 Å². The first-order valence-corrected chi connectivity index (χ1v) is 3.09. The van der Waals surface area contributed by atoms with Crippen molar-refractivity contribution in [3.8, 4) is 5.75 Å². The second-order valence-corrected chi connectivity index (χ2v) is 2.13. The van der Waals surface area contributed by atoms with Gasteiger partial charge in [-0.3, -0.25) is 0 Å². The van der Waals surface area contributed by atoms with E-state index in [1.54, 1.807) is 0 Å². The molecule has 13 heavy (non-hydrogen) atoms. The first kappa shape index (κ1) is 8.91. The zero-order valence-corrected chi connectivity index (χ0v) is 6.17. The van der Waals surface area contributed by atoms with Gasteiger partial charge in [0.15, 0.2) is 6.20 Å². The van der Waals surface area contributed by atoms with E-state index in [9.17, 15) is 14.9 Å². The molecule has 2 N–H and O–H groups in total. The zero-order valence-electron chi connectivity index (χ0n) is 6.17. The Kier molecular flexibility index (Phi) is 2.09. The van der Waals surface area contributed by atoms with Crippen LogP contribution in [0.2, 0.25) is 0 Å². The van der Waals surface area contributed by atoms with Crippen molar-refractivity contribution < 1.29 is 19.9 Å². The molecule has 1 heterocycles. The van der Waals surface area contributed by atoms with E-state index in [0.717, 1.165) is 12.3 Å². The molecule has 7 heteroatoms. The van der Waals surface area contributed by atoms with Crippen LogP contribution in [-0.4, -0.2) is 26.1 Å². The number of nitrogens with zero attached hydrogens (tertiary/aromatic N) is 2. The molecule has 0 unspecified atom stereocenters. The predicted octanol–water partition coefficient (Wildman–Crippen LogP) is 0.394. The van der Waals surface area contributed by atoms with Gasteiger partial charge in [0.2, 0.25) is 5.75 Å². The summed E-state index contributed by atoms with van der Waals surface area (Å²) in [6.07, 6.45) is 0.806. The third kappa shape index (κ3) is 1.70. The van der Waals surface area contributed by atoms with E-state index in [4.69, 9.17) is 10.2 Å². The third-order valence-electron chi connectivity index (χ3n) is 1.27. The molecule has 7 nitrogen and oxygen atoms in total. The Morgan fingerprint density at radius 1 is 1.62 bits per heavy atom. The van der Waals surface area contributed by atoms with Gasteiger partial charge >= 0.3 is 11.8 Å². The van der Waals surface area contributed by atoms with E-state index in [2.05, 4.69) is 4.98 Å². The summed E-state index contributed by atoms with van der Waals surface area (Å²) in [5.41, 5.74) is -0.303. The predicted molar refractivity (Wildman–Crippen MR) is 39.5 cm³/mol. The van der Waals surface area contributed by atoms with Crippen molar-refractivity contribution in [2.45, 2.75) is 0 Å². The monoisotopic (exact) mass is 184 g/mol. The summed E-state index contributed by atoms with van der Waals surface area (Å²) in [6.45, 7) is 0. The van der Waals surface area contributed by atoms with Crippen molar-refractivity contribution in [2.75, 3.05) is 0 Å². The average Bonchev–Trinajstić information content (AvgIpc) is 2.03. The largest absolute Gasteiger partial charge is 0.501 e. The Labute approximate surface area is 71.4 Å². The van der Waals surface area contributed by atoms with Gasteiger partial charge in [-0.15, -0.1) is 0 Å². The Morgan fingerprint density at radius 2 is 2.23 bits per heavy atom. The molecule has 0 amide bonds. The smallest absolute Gasteiger partial charge is 0.405 e. The van der Waals surface area contributed by atoms with Crippen LogP contribution >= 0.6 is 0 Å². The van der Waals surface area contributed by atoms with Crippen molar-refractivity contribution in [1.29, 1.82) is 0 Å². The van der Waals surface area contributed by atoms with Crippen LogP contribution in [-0.2, 0) is 0 Å². The summed E-state index contributed by atoms with van der Waals surface area (Å²) in [6, 6.07) is 0.771. The first-order chi connectivity index (χ1) is 6.02. The molecule has 0 aliphatic rings. The number of carboxylic acids is 1. The number of pyridine rings is 1. The van der Waals surface area contributed by atoms with E-state index in [1.165, 1.54) is 0 Å². The maximum atomic E-state index is 10.3. The highest BCUT2D eigenvalue weighted by molar-refractivity contribution is 5.87. The lowest BCUT2D eigenvalue weighted by Crippen LogP contribution is -1.99. The van der Waals surface area contributed by atoms with Gasteiger partial charge in [0, 0.05) is 6.07 Å². The van der Waals surface area contributed by atoms with Crippen LogP contribution in [0.15, 0.2) is 12.3 Å². The highest BCUT2D eigenvalue weighted by Crippen LogP contribution is 2.22. The number of aromatic nitrogens is 1. The zero-order chi connectivity index (χ0) is 10.0. The summed E-state index contributed by atoms with van der Waals surface area (Å²) in [7, 11) is 0. The molecule has 0 radical (unpaired) electrons. The van der Waals surface area contributed by atoms with E-state index in [1.807, 2.05) is 0 Å². The van der Waals surface area contributed by atoms with Crippen molar-refractivity contribution in [1.82, 2.24) is 4.98 Å². The van der Waals surface area contributed by atoms with Gasteiger partial charge in [-0.2, -0.15) is 0 Å². The summed E-state index contributed by atoms with van der Waals surface area (Å²) in [5.74, 6) is -2.83. The SMILES string of the molecule is O=C(O)c1cnc([N+](=O)[O-])c(O)c1. The molecule has 0 aliphatic carbocycles. The van der Waals surface area contributed by atoms with Gasteiger partial charge in [-0.25, -0.2) is 4.79 Å². The second kappa shape index (κ2) is 3.05. The number of aromatic hydroxyl groups is 1. The molecular formula is C6H4N2O5. The normalized spacial score (nSPS) is 9.54. The molecule has 0 aliphatic heterocycles. The van der Waals surface area contributed by atoms with Crippen molar-refractivity contribution in [3.63, 3.8) is 0 Å². The number of carboxylic acid groups (broad SMARTS) is 1. The Bertz CT molecular complexity index is 375. The van der Waals surface area contributed by atoms with E-state index < -0.39 is 22.5 Å². The lowest BCUT2D eigenvalue weighted by molar-refractivity contribution is -0.390. The third-order valence-corrected chi connectivity index (χ3v) is 1.27. The summed E-state index contributed by atoms with van der Waals surface area (Å²) >= 11 is 0. The van der Waals surface area contributed by atoms with E-state index in [-0.39, 0.29) is 5.56 Å². The van der Waals surface area contributed by atoms with E-state index in [0.29, 0.717) is 0 Å². The molecule has 0 saturated heterocycles. The topological polar surface area (TPSA) is 114 Å². The van der Waals surface area contributed by atoms with Crippen molar-refractivity contribution in [2.24, 2.45) is 0 Å². The molecule has 0 fully saturated rings. The number of nitro groups is 1. The van der Waals surface area contributed by atoms with Crippen LogP contribution in [0.3, 0.4) is 0 Å². The quantitative estimate of drug-likeness (QED) is 0.507. The molecular weight excluding hydrogens is 180 g/mol. The summed E-state index contributed by atoms with van der Waals surface area (Å²) in [4.78, 5) is 22.7. The van der Waals surface area contributed by atoms with Gasteiger partial charge in [0.05, 0.1) is 0 Å². The minimum atomic E-state index is -1.31. The highest BCUT2D eigenvalue weighted by atomic mass is 16.6. The Hall–Kier alpha value is -2.18. The first-order valence-electron chi connectivity index (χ1n) is 3.09. The van der Waals surface area contributed by atoms with Crippen LogP contribution in [0.4, 0.5) is 5.82 Å². The maximum Gasteiger partial charge on any atom is 0.405 e. The lowest BCUT2D eigenvalue weighted by Gasteiger charge is -1.95. The molecule has 1 aromatic rings. The number of aromatic carboxylic acids is 1. The van der Waals surface area contributed by atoms with Crippen LogP contribution in [0.1, 0.15) is 10.4 Å². The Balaban J connectivity index is 3.20. The van der Waals surface area contributed by atoms with Crippen molar-refractivity contribution in [3.05, 3.63) is 27.9 Å². The summed E-state index contributed by atoms with van der Waals surface area (Å²) < 4.78 is 0. The van der Waals surface area contributed by atoms with Crippen molar-refractivity contribution >= 4 is 11.8 Å². The molecule has 1 rings (SSSR count).